The van der Waals surface area contributed by atoms with Crippen molar-refractivity contribution in [2.45, 2.75) is 16.2 Å². The van der Waals surface area contributed by atoms with Crippen molar-refractivity contribution >= 4 is 46.6 Å². The number of esters is 1. The molecule has 0 saturated carbocycles. The zero-order valence-corrected chi connectivity index (χ0v) is 22.6. The Morgan fingerprint density at radius 3 is 2.50 bits per heavy atom. The molecule has 11 heteroatoms. The van der Waals surface area contributed by atoms with Crippen molar-refractivity contribution in [1.82, 2.24) is 4.90 Å². The van der Waals surface area contributed by atoms with Crippen LogP contribution in [0.25, 0.3) is 0 Å². The lowest BCUT2D eigenvalue weighted by Gasteiger charge is -2.28. The first kappa shape index (κ1) is 27.4. The maximum Gasteiger partial charge on any atom is 0.339 e. The lowest BCUT2D eigenvalue weighted by molar-refractivity contribution is -0.384. The molecule has 2 atom stereocenters. The van der Waals surface area contributed by atoms with Gasteiger partial charge in [-0.1, -0.05) is 35.9 Å². The van der Waals surface area contributed by atoms with E-state index in [0.717, 1.165) is 22.2 Å². The van der Waals surface area contributed by atoms with Crippen LogP contribution in [0.5, 0.6) is 5.75 Å². The fourth-order valence-corrected chi connectivity index (χ4v) is 5.53. The van der Waals surface area contributed by atoms with Gasteiger partial charge in [0.05, 0.1) is 28.5 Å². The van der Waals surface area contributed by atoms with Crippen molar-refractivity contribution in [2.75, 3.05) is 39.2 Å². The van der Waals surface area contributed by atoms with Crippen molar-refractivity contribution in [3.05, 3.63) is 93.0 Å². The molecule has 0 saturated heterocycles. The fraction of sp³-hybridized carbons (Fsp3) is 0.259. The van der Waals surface area contributed by atoms with Crippen LogP contribution in [0.1, 0.15) is 21.2 Å². The van der Waals surface area contributed by atoms with Gasteiger partial charge in [-0.2, -0.15) is 0 Å². The number of amides is 1. The summed E-state index contributed by atoms with van der Waals surface area (Å²) < 4.78 is 11.2. The minimum Gasteiger partial charge on any atom is -0.497 e. The second kappa shape index (κ2) is 11.8. The molecular weight excluding hydrogens is 530 g/mol. The molecule has 0 N–H and O–H groups in total. The highest BCUT2D eigenvalue weighted by Crippen LogP contribution is 2.47. The second-order valence-electron chi connectivity index (χ2n) is 8.82. The van der Waals surface area contributed by atoms with Crippen LogP contribution >= 0.6 is 23.4 Å². The number of methoxy groups -OCH3 is 1. The fourth-order valence-electron chi connectivity index (χ4n) is 4.02. The predicted octanol–water partition coefficient (Wildman–Crippen LogP) is 5.22. The Labute approximate surface area is 229 Å². The molecule has 9 nitrogen and oxygen atoms in total. The number of nitrogens with zero attached hydrogens (tertiary/aromatic N) is 3. The van der Waals surface area contributed by atoms with Crippen molar-refractivity contribution in [3.63, 3.8) is 0 Å². The number of ether oxygens (including phenoxy) is 2. The number of thioether (sulfide) groups is 1. The van der Waals surface area contributed by atoms with Crippen LogP contribution < -0.4 is 9.64 Å². The van der Waals surface area contributed by atoms with Crippen LogP contribution in [0.2, 0.25) is 5.02 Å². The first-order chi connectivity index (χ1) is 18.2. The van der Waals surface area contributed by atoms with Gasteiger partial charge in [-0.3, -0.25) is 14.9 Å². The highest BCUT2D eigenvalue weighted by atomic mass is 35.5. The highest BCUT2D eigenvalue weighted by molar-refractivity contribution is 7.99. The molecule has 0 spiro atoms. The van der Waals surface area contributed by atoms with Crippen LogP contribution in [0.15, 0.2) is 71.6 Å². The number of nitro groups is 1. The summed E-state index contributed by atoms with van der Waals surface area (Å²) in [6, 6.07) is 18.4. The Morgan fingerprint density at radius 2 is 1.84 bits per heavy atom. The number of nitro benzene ring substituents is 1. The zero-order chi connectivity index (χ0) is 27.4. The van der Waals surface area contributed by atoms with Crippen molar-refractivity contribution in [2.24, 2.45) is 0 Å². The van der Waals surface area contributed by atoms with Crippen LogP contribution in [0.4, 0.5) is 11.4 Å². The molecule has 38 heavy (non-hydrogen) atoms. The van der Waals surface area contributed by atoms with E-state index in [2.05, 4.69) is 0 Å². The third-order valence-electron chi connectivity index (χ3n) is 6.02. The maximum atomic E-state index is 14.1. The molecule has 0 aromatic heterocycles. The second-order valence-corrected chi connectivity index (χ2v) is 10.4. The van der Waals surface area contributed by atoms with Gasteiger partial charge in [0.1, 0.15) is 10.8 Å². The van der Waals surface area contributed by atoms with Gasteiger partial charge in [0, 0.05) is 24.1 Å². The number of benzene rings is 3. The van der Waals surface area contributed by atoms with Gasteiger partial charge in [-0.05, 0) is 56.1 Å². The van der Waals surface area contributed by atoms with Gasteiger partial charge in [0.2, 0.25) is 0 Å². The standard InChI is InChI=1S/C27H26ClN3O6S/c1-29(2)14-15-30-21-6-4-5-7-23(21)38-25(17-8-11-19(36-3)12-9-17)24(26(30)32)37-27(33)18-10-13-20(28)22(16-18)31(34)35/h4-13,16,24-25H,14-15H2,1-3H3/t24-,25+/m0/s1. The first-order valence-corrected chi connectivity index (χ1v) is 13.0. The molecular formula is C27H26ClN3O6S. The topological polar surface area (TPSA) is 102 Å². The number of rotatable bonds is 8. The molecule has 4 rings (SSSR count). The quantitative estimate of drug-likeness (QED) is 0.212. The Balaban J connectivity index is 1.77. The van der Waals surface area contributed by atoms with Crippen molar-refractivity contribution < 1.29 is 24.0 Å². The van der Waals surface area contributed by atoms with Gasteiger partial charge in [0.15, 0.2) is 6.10 Å². The first-order valence-electron chi connectivity index (χ1n) is 11.7. The van der Waals surface area contributed by atoms with Gasteiger partial charge in [0.25, 0.3) is 11.6 Å². The highest BCUT2D eigenvalue weighted by Gasteiger charge is 2.41. The van der Waals surface area contributed by atoms with Gasteiger partial charge in [-0.15, -0.1) is 11.8 Å². The summed E-state index contributed by atoms with van der Waals surface area (Å²) in [5, 5.41) is 10.7. The number of hydrogen-bond donors (Lipinski definition) is 0. The smallest absolute Gasteiger partial charge is 0.339 e. The minimum absolute atomic E-state index is 0.0750. The molecule has 198 valence electrons. The Morgan fingerprint density at radius 1 is 1.13 bits per heavy atom. The van der Waals surface area contributed by atoms with Crippen LogP contribution in [-0.4, -0.2) is 62.1 Å². The number of fused-ring (bicyclic) bond motifs is 1. The summed E-state index contributed by atoms with van der Waals surface area (Å²) in [4.78, 5) is 42.5. The van der Waals surface area contributed by atoms with Crippen LogP contribution in [0, 0.1) is 10.1 Å². The number of hydrogen-bond acceptors (Lipinski definition) is 8. The molecule has 3 aromatic carbocycles. The van der Waals surface area contributed by atoms with Crippen molar-refractivity contribution in [3.8, 4) is 5.75 Å². The summed E-state index contributed by atoms with van der Waals surface area (Å²) in [7, 11) is 5.38. The molecule has 0 bridgehead atoms. The van der Waals surface area contributed by atoms with E-state index in [1.807, 2.05) is 55.4 Å². The Kier molecular flexibility index (Phi) is 8.55. The molecule has 0 radical (unpaired) electrons. The normalized spacial score (nSPS) is 17.1. The summed E-state index contributed by atoms with van der Waals surface area (Å²) in [6.07, 6.45) is -1.22. The van der Waals surface area contributed by atoms with E-state index in [4.69, 9.17) is 21.1 Å². The van der Waals surface area contributed by atoms with E-state index in [0.29, 0.717) is 18.8 Å². The molecule has 1 amide bonds. The average molecular weight is 556 g/mol. The summed E-state index contributed by atoms with van der Waals surface area (Å²) in [5.41, 5.74) is 0.986. The number of likely N-dealkylation sites (N-methyl/N-ethyl adjacent to an activating group) is 1. The summed E-state index contributed by atoms with van der Waals surface area (Å²) in [6.45, 7) is 0.960. The predicted molar refractivity (Wildman–Crippen MR) is 146 cm³/mol. The lowest BCUT2D eigenvalue weighted by atomic mass is 10.0. The van der Waals surface area contributed by atoms with E-state index in [1.54, 1.807) is 24.1 Å². The van der Waals surface area contributed by atoms with Crippen LogP contribution in [-0.2, 0) is 9.53 Å². The summed E-state index contributed by atoms with van der Waals surface area (Å²) >= 11 is 7.34. The monoisotopic (exact) mass is 555 g/mol. The lowest BCUT2D eigenvalue weighted by Crippen LogP contribution is -2.45. The van der Waals surface area contributed by atoms with E-state index in [1.165, 1.54) is 23.9 Å². The molecule has 3 aromatic rings. The molecule has 0 aliphatic carbocycles. The molecule has 1 heterocycles. The zero-order valence-electron chi connectivity index (χ0n) is 21.0. The van der Waals surface area contributed by atoms with Crippen molar-refractivity contribution in [1.29, 1.82) is 0 Å². The Hall–Kier alpha value is -3.60. The number of halogens is 1. The number of para-hydroxylation sites is 1. The Bertz CT molecular complexity index is 1350. The third-order valence-corrected chi connectivity index (χ3v) is 7.71. The van der Waals surface area contributed by atoms with E-state index in [9.17, 15) is 19.7 Å². The van der Waals surface area contributed by atoms with Gasteiger partial charge >= 0.3 is 5.97 Å². The minimum atomic E-state index is -1.22. The third kappa shape index (κ3) is 5.93. The number of carbonyl (C=O) groups excluding carboxylic acids is 2. The number of anilines is 1. The molecule has 1 aliphatic heterocycles. The summed E-state index contributed by atoms with van der Waals surface area (Å²) in [5.74, 6) is -0.601. The molecule has 0 unspecified atom stereocenters. The van der Waals surface area contributed by atoms with Gasteiger partial charge < -0.3 is 19.3 Å². The maximum absolute atomic E-state index is 14.1. The average Bonchev–Trinajstić information content (AvgIpc) is 3.02. The van der Waals surface area contributed by atoms with Crippen LogP contribution in [0.3, 0.4) is 0 Å². The SMILES string of the molecule is COc1ccc([C@H]2Sc3ccccc3N(CCN(C)C)C(=O)[C@H]2OC(=O)c2ccc(Cl)c([N+](=O)[O-])c2)cc1. The van der Waals surface area contributed by atoms with Gasteiger partial charge in [-0.25, -0.2) is 4.79 Å². The van der Waals surface area contributed by atoms with E-state index in [-0.39, 0.29) is 16.5 Å². The largest absolute Gasteiger partial charge is 0.497 e. The molecule has 1 aliphatic rings. The molecule has 0 fully saturated rings. The van der Waals surface area contributed by atoms with E-state index < -0.39 is 27.9 Å². The van der Waals surface area contributed by atoms with E-state index >= 15 is 0 Å². The number of carbonyl (C=O) groups is 2.